The number of nitrogens with zero attached hydrogens (tertiary/aromatic N) is 2. The number of hydrogen-bond donors (Lipinski definition) is 2. The first-order chi connectivity index (χ1) is 12.7. The number of aromatic amines is 1. The minimum absolute atomic E-state index is 0.159. The molecule has 0 aliphatic carbocycles. The van der Waals surface area contributed by atoms with E-state index in [-0.39, 0.29) is 11.6 Å². The van der Waals surface area contributed by atoms with Gasteiger partial charge in [0.15, 0.2) is 0 Å². The molecule has 0 spiro atoms. The Kier molecular flexibility index (Phi) is 4.19. The van der Waals surface area contributed by atoms with Gasteiger partial charge in [-0.05, 0) is 36.9 Å². The first kappa shape index (κ1) is 16.0. The normalized spacial score (nSPS) is 16.0. The summed E-state index contributed by atoms with van der Waals surface area (Å²) in [7, 11) is 0. The zero-order chi connectivity index (χ0) is 17.9. The Balaban J connectivity index is 1.96. The van der Waals surface area contributed by atoms with Crippen molar-refractivity contribution < 1.29 is 0 Å². The lowest BCUT2D eigenvalue weighted by Gasteiger charge is -2.16. The number of rotatable bonds is 3. The summed E-state index contributed by atoms with van der Waals surface area (Å²) >= 11 is 0. The van der Waals surface area contributed by atoms with Gasteiger partial charge in [0.2, 0.25) is 0 Å². The van der Waals surface area contributed by atoms with Gasteiger partial charge in [0, 0.05) is 29.6 Å². The summed E-state index contributed by atoms with van der Waals surface area (Å²) in [5, 5.41) is 3.19. The summed E-state index contributed by atoms with van der Waals surface area (Å²) < 4.78 is 0. The molecule has 0 saturated heterocycles. The van der Waals surface area contributed by atoms with E-state index in [4.69, 9.17) is 4.98 Å². The minimum Gasteiger partial charge on any atom is -0.385 e. The Morgan fingerprint density at radius 3 is 2.50 bits per heavy atom. The predicted octanol–water partition coefficient (Wildman–Crippen LogP) is 3.39. The van der Waals surface area contributed by atoms with E-state index in [1.807, 2.05) is 67.7 Å². The van der Waals surface area contributed by atoms with Crippen LogP contribution in [0.3, 0.4) is 0 Å². The van der Waals surface area contributed by atoms with Crippen LogP contribution >= 0.6 is 0 Å². The van der Waals surface area contributed by atoms with Crippen molar-refractivity contribution in [1.29, 1.82) is 0 Å². The molecule has 0 saturated carbocycles. The highest BCUT2D eigenvalue weighted by Crippen LogP contribution is 2.28. The van der Waals surface area contributed by atoms with E-state index in [1.54, 1.807) is 12.4 Å². The van der Waals surface area contributed by atoms with E-state index in [0.717, 1.165) is 16.7 Å². The van der Waals surface area contributed by atoms with Crippen LogP contribution < -0.4 is 10.9 Å². The third kappa shape index (κ3) is 3.07. The van der Waals surface area contributed by atoms with Gasteiger partial charge in [-0.25, -0.2) is 4.98 Å². The highest BCUT2D eigenvalue weighted by atomic mass is 16.1. The van der Waals surface area contributed by atoms with E-state index >= 15 is 0 Å². The average molecular weight is 342 g/mol. The van der Waals surface area contributed by atoms with Crippen molar-refractivity contribution in [2.75, 3.05) is 0 Å². The zero-order valence-corrected chi connectivity index (χ0v) is 14.3. The molecule has 5 nitrogen and oxygen atoms in total. The van der Waals surface area contributed by atoms with E-state index in [0.29, 0.717) is 17.1 Å². The van der Waals surface area contributed by atoms with Gasteiger partial charge in [-0.1, -0.05) is 36.4 Å². The number of benzene rings is 1. The third-order valence-corrected chi connectivity index (χ3v) is 4.26. The van der Waals surface area contributed by atoms with Gasteiger partial charge in [-0.3, -0.25) is 9.78 Å². The Morgan fingerprint density at radius 2 is 1.77 bits per heavy atom. The number of aromatic nitrogens is 3. The number of allylic oxidation sites excluding steroid dienone is 2. The van der Waals surface area contributed by atoms with Crippen LogP contribution in [0.5, 0.6) is 0 Å². The molecule has 1 unspecified atom stereocenters. The first-order valence-corrected chi connectivity index (χ1v) is 8.47. The minimum atomic E-state index is -0.159. The lowest BCUT2D eigenvalue weighted by molar-refractivity contribution is 0.762. The fourth-order valence-electron chi connectivity index (χ4n) is 3.02. The Hall–Kier alpha value is -3.47. The van der Waals surface area contributed by atoms with E-state index in [1.165, 1.54) is 0 Å². The highest BCUT2D eigenvalue weighted by molar-refractivity contribution is 5.82. The molecule has 0 bridgehead atoms. The Morgan fingerprint density at radius 1 is 1.00 bits per heavy atom. The molecule has 1 aromatic carbocycles. The fourth-order valence-corrected chi connectivity index (χ4v) is 3.02. The van der Waals surface area contributed by atoms with Crippen molar-refractivity contribution in [3.8, 4) is 22.4 Å². The molecule has 4 rings (SSSR count). The zero-order valence-electron chi connectivity index (χ0n) is 14.3. The molecule has 3 heterocycles. The quantitative estimate of drug-likeness (QED) is 0.765. The molecule has 0 amide bonds. The molecule has 0 fully saturated rings. The van der Waals surface area contributed by atoms with Gasteiger partial charge in [0.1, 0.15) is 5.82 Å². The van der Waals surface area contributed by atoms with Crippen molar-refractivity contribution in [3.05, 3.63) is 89.4 Å². The van der Waals surface area contributed by atoms with Crippen LogP contribution in [-0.2, 0) is 0 Å². The second-order valence-electron chi connectivity index (χ2n) is 6.15. The second-order valence-corrected chi connectivity index (χ2v) is 6.15. The van der Waals surface area contributed by atoms with Crippen LogP contribution in [0.15, 0.2) is 78.0 Å². The average Bonchev–Trinajstić information content (AvgIpc) is 2.69. The van der Waals surface area contributed by atoms with Crippen molar-refractivity contribution in [2.45, 2.75) is 13.0 Å². The molecule has 3 aromatic rings. The van der Waals surface area contributed by atoms with Crippen LogP contribution in [0, 0.1) is 0 Å². The molecule has 1 atom stereocenters. The lowest BCUT2D eigenvalue weighted by atomic mass is 10.0. The van der Waals surface area contributed by atoms with Gasteiger partial charge < -0.3 is 10.3 Å². The Labute approximate surface area is 151 Å². The van der Waals surface area contributed by atoms with Crippen LogP contribution in [0.1, 0.15) is 12.7 Å². The molecular weight excluding hydrogens is 324 g/mol. The molecular formula is C21H18N4O. The maximum atomic E-state index is 13.0. The summed E-state index contributed by atoms with van der Waals surface area (Å²) in [6.07, 6.45) is 9.24. The molecule has 5 heteroatoms. The van der Waals surface area contributed by atoms with E-state index in [9.17, 15) is 4.79 Å². The number of pyridine rings is 1. The number of H-pyrrole nitrogens is 1. The van der Waals surface area contributed by atoms with Gasteiger partial charge in [-0.15, -0.1) is 0 Å². The number of dihydropyridines is 1. The molecule has 2 aromatic heterocycles. The lowest BCUT2D eigenvalue weighted by Crippen LogP contribution is -2.22. The number of nitrogens with one attached hydrogen (secondary N) is 2. The summed E-state index contributed by atoms with van der Waals surface area (Å²) in [4.78, 5) is 24.8. The summed E-state index contributed by atoms with van der Waals surface area (Å²) in [6, 6.07) is 13.5. The number of hydrogen-bond acceptors (Lipinski definition) is 4. The molecule has 128 valence electrons. The molecule has 0 radical (unpaired) electrons. The molecule has 26 heavy (non-hydrogen) atoms. The highest BCUT2D eigenvalue weighted by Gasteiger charge is 2.17. The van der Waals surface area contributed by atoms with Gasteiger partial charge in [0.25, 0.3) is 5.56 Å². The molecule has 1 aliphatic rings. The van der Waals surface area contributed by atoms with Crippen molar-refractivity contribution in [1.82, 2.24) is 20.3 Å². The molecule has 2 N–H and O–H groups in total. The van der Waals surface area contributed by atoms with Gasteiger partial charge in [0.05, 0.1) is 11.3 Å². The van der Waals surface area contributed by atoms with Gasteiger partial charge in [-0.2, -0.15) is 0 Å². The summed E-state index contributed by atoms with van der Waals surface area (Å²) in [6.45, 7) is 2.05. The fraction of sp³-hybridized carbons (Fsp3) is 0.0952. The van der Waals surface area contributed by atoms with Crippen molar-refractivity contribution in [2.24, 2.45) is 0 Å². The smallest absolute Gasteiger partial charge is 0.259 e. The third-order valence-electron chi connectivity index (χ3n) is 4.26. The standard InChI is InChI=1S/C21H18N4O/c1-14-13-17(9-12-23-14)20-24-19(16-7-10-22-11-8-16)18(21(26)25-20)15-5-3-2-4-6-15/h2-14,23H,1H3,(H,24,25,26). The SMILES string of the molecule is CC1C=C(c2nc(-c3ccncc3)c(-c3ccccc3)c(=O)[nH]2)C=CN1. The van der Waals surface area contributed by atoms with Crippen LogP contribution in [0.25, 0.3) is 28.0 Å². The maximum Gasteiger partial charge on any atom is 0.259 e. The molecule has 1 aliphatic heterocycles. The Bertz CT molecular complexity index is 1040. The van der Waals surface area contributed by atoms with Crippen LogP contribution in [0.4, 0.5) is 0 Å². The first-order valence-electron chi connectivity index (χ1n) is 8.47. The van der Waals surface area contributed by atoms with Crippen molar-refractivity contribution >= 4 is 5.57 Å². The summed E-state index contributed by atoms with van der Waals surface area (Å²) in [5.74, 6) is 0.561. The largest absolute Gasteiger partial charge is 0.385 e. The van der Waals surface area contributed by atoms with E-state index < -0.39 is 0 Å². The van der Waals surface area contributed by atoms with Gasteiger partial charge >= 0.3 is 0 Å². The predicted molar refractivity (Wildman–Crippen MR) is 103 cm³/mol. The van der Waals surface area contributed by atoms with Crippen LogP contribution in [0.2, 0.25) is 0 Å². The second kappa shape index (κ2) is 6.80. The topological polar surface area (TPSA) is 70.7 Å². The maximum absolute atomic E-state index is 13.0. The van der Waals surface area contributed by atoms with Crippen molar-refractivity contribution in [3.63, 3.8) is 0 Å². The summed E-state index contributed by atoms with van der Waals surface area (Å²) in [5.41, 5.74) is 3.64. The monoisotopic (exact) mass is 342 g/mol. The van der Waals surface area contributed by atoms with Crippen LogP contribution in [-0.4, -0.2) is 21.0 Å². The van der Waals surface area contributed by atoms with E-state index in [2.05, 4.69) is 15.3 Å².